The lowest BCUT2D eigenvalue weighted by molar-refractivity contribution is -0.147. The highest BCUT2D eigenvalue weighted by molar-refractivity contribution is 5.80. The minimum absolute atomic E-state index is 0.147. The Hall–Kier alpha value is -4.40. The number of rotatable bonds is 11. The first-order valence-corrected chi connectivity index (χ1v) is 13.7. The second-order valence-electron chi connectivity index (χ2n) is 9.75. The average Bonchev–Trinajstić information content (AvgIpc) is 3.60. The van der Waals surface area contributed by atoms with E-state index in [4.69, 9.17) is 33.2 Å². The molecule has 0 aromatic heterocycles. The summed E-state index contributed by atoms with van der Waals surface area (Å²) in [4.78, 5) is 25.9. The van der Waals surface area contributed by atoms with Crippen molar-refractivity contribution < 1.29 is 42.7 Å². The number of ether oxygens (including phenoxy) is 7. The third kappa shape index (κ3) is 5.62. The van der Waals surface area contributed by atoms with E-state index in [0.717, 1.165) is 23.1 Å². The van der Waals surface area contributed by atoms with Crippen molar-refractivity contribution in [2.45, 2.75) is 32.1 Å². The molecule has 0 radical (unpaired) electrons. The molecule has 2 aliphatic rings. The summed E-state index contributed by atoms with van der Waals surface area (Å²) in [6.45, 7) is 4.44. The van der Waals surface area contributed by atoms with Gasteiger partial charge in [0.2, 0.25) is 6.79 Å². The molecular formula is C32H34O9. The van der Waals surface area contributed by atoms with Crippen LogP contribution in [0.5, 0.6) is 28.7 Å². The van der Waals surface area contributed by atoms with Crippen LogP contribution < -0.4 is 23.7 Å². The van der Waals surface area contributed by atoms with Gasteiger partial charge in [0.25, 0.3) is 0 Å². The van der Waals surface area contributed by atoms with Gasteiger partial charge < -0.3 is 33.2 Å². The lowest BCUT2D eigenvalue weighted by atomic mass is 9.79. The Labute approximate surface area is 239 Å². The molecule has 0 fully saturated rings. The number of esters is 2. The maximum absolute atomic E-state index is 13.7. The van der Waals surface area contributed by atoms with E-state index in [-0.39, 0.29) is 31.9 Å². The van der Waals surface area contributed by atoms with Crippen LogP contribution in [0.4, 0.5) is 0 Å². The van der Waals surface area contributed by atoms with Gasteiger partial charge in [-0.05, 0) is 60.4 Å². The molecule has 0 unspecified atom stereocenters. The van der Waals surface area contributed by atoms with E-state index < -0.39 is 17.8 Å². The quantitative estimate of drug-likeness (QED) is 0.291. The number of methoxy groups -OCH3 is 2. The Morgan fingerprint density at radius 3 is 2.37 bits per heavy atom. The van der Waals surface area contributed by atoms with Gasteiger partial charge in [0, 0.05) is 23.5 Å². The highest BCUT2D eigenvalue weighted by atomic mass is 16.7. The first-order valence-electron chi connectivity index (χ1n) is 13.7. The molecule has 3 atom stereocenters. The number of hydrogen-bond acceptors (Lipinski definition) is 9. The zero-order chi connectivity index (χ0) is 28.9. The van der Waals surface area contributed by atoms with Crippen LogP contribution in [0.15, 0.2) is 54.6 Å². The zero-order valence-electron chi connectivity index (χ0n) is 23.6. The average molecular weight is 563 g/mol. The SMILES string of the molecule is CCCOc1ccc2c(c1)[C@@H](c1ccc(OC)cc1OCC(=O)OCC)[C@@H](C(=O)OC)[C@H]2c1ccc2c(c1)OCO2. The predicted molar refractivity (Wildman–Crippen MR) is 149 cm³/mol. The molecule has 216 valence electrons. The van der Waals surface area contributed by atoms with E-state index >= 15 is 0 Å². The fraction of sp³-hybridized carbons (Fsp3) is 0.375. The van der Waals surface area contributed by atoms with Gasteiger partial charge in [0.05, 0.1) is 33.4 Å². The summed E-state index contributed by atoms with van der Waals surface area (Å²) in [5.41, 5.74) is 3.46. The van der Waals surface area contributed by atoms with E-state index in [0.29, 0.717) is 40.9 Å². The van der Waals surface area contributed by atoms with Crippen molar-refractivity contribution in [3.63, 3.8) is 0 Å². The normalized spacial score (nSPS) is 18.4. The predicted octanol–water partition coefficient (Wildman–Crippen LogP) is 5.22. The van der Waals surface area contributed by atoms with Gasteiger partial charge in [-0.15, -0.1) is 0 Å². The van der Waals surface area contributed by atoms with Gasteiger partial charge in [0.1, 0.15) is 17.2 Å². The zero-order valence-corrected chi connectivity index (χ0v) is 23.6. The minimum atomic E-state index is -0.657. The molecule has 0 bridgehead atoms. The van der Waals surface area contributed by atoms with Crippen molar-refractivity contribution in [3.05, 3.63) is 76.9 Å². The second kappa shape index (κ2) is 12.4. The Balaban J connectivity index is 1.67. The molecule has 0 amide bonds. The van der Waals surface area contributed by atoms with Crippen molar-refractivity contribution >= 4 is 11.9 Å². The van der Waals surface area contributed by atoms with Crippen LogP contribution in [0.3, 0.4) is 0 Å². The second-order valence-corrected chi connectivity index (χ2v) is 9.75. The van der Waals surface area contributed by atoms with Crippen LogP contribution in [0, 0.1) is 5.92 Å². The van der Waals surface area contributed by atoms with Gasteiger partial charge >= 0.3 is 11.9 Å². The summed E-state index contributed by atoms with van der Waals surface area (Å²) in [5.74, 6) is 0.569. The molecule has 0 saturated heterocycles. The van der Waals surface area contributed by atoms with E-state index in [1.807, 2.05) is 55.5 Å². The largest absolute Gasteiger partial charge is 0.497 e. The molecule has 1 heterocycles. The number of fused-ring (bicyclic) bond motifs is 2. The first kappa shape index (κ1) is 28.1. The Kier molecular flexibility index (Phi) is 8.52. The molecule has 0 spiro atoms. The van der Waals surface area contributed by atoms with Crippen LogP contribution in [-0.4, -0.2) is 52.8 Å². The maximum atomic E-state index is 13.7. The van der Waals surface area contributed by atoms with Gasteiger partial charge in [-0.1, -0.05) is 25.1 Å². The molecule has 3 aromatic carbocycles. The molecule has 3 aromatic rings. The van der Waals surface area contributed by atoms with Crippen LogP contribution >= 0.6 is 0 Å². The molecule has 41 heavy (non-hydrogen) atoms. The monoisotopic (exact) mass is 562 g/mol. The first-order chi connectivity index (χ1) is 20.0. The van der Waals surface area contributed by atoms with Crippen LogP contribution in [0.1, 0.15) is 54.4 Å². The summed E-state index contributed by atoms with van der Waals surface area (Å²) in [5, 5.41) is 0. The number of hydrogen-bond donors (Lipinski definition) is 0. The molecular weight excluding hydrogens is 528 g/mol. The highest BCUT2D eigenvalue weighted by Gasteiger charge is 2.48. The third-order valence-corrected chi connectivity index (χ3v) is 7.36. The fourth-order valence-corrected chi connectivity index (χ4v) is 5.62. The van der Waals surface area contributed by atoms with Gasteiger partial charge in [-0.3, -0.25) is 4.79 Å². The van der Waals surface area contributed by atoms with Crippen LogP contribution in [0.25, 0.3) is 0 Å². The highest BCUT2D eigenvalue weighted by Crippen LogP contribution is 2.56. The Bertz CT molecular complexity index is 1420. The van der Waals surface area contributed by atoms with E-state index in [1.54, 1.807) is 20.1 Å². The van der Waals surface area contributed by atoms with Crippen molar-refractivity contribution in [1.82, 2.24) is 0 Å². The van der Waals surface area contributed by atoms with Crippen molar-refractivity contribution in [2.75, 3.05) is 40.8 Å². The topological polar surface area (TPSA) is 98.8 Å². The molecule has 9 heteroatoms. The molecule has 1 aliphatic heterocycles. The number of carbonyl (C=O) groups excluding carboxylic acids is 2. The van der Waals surface area contributed by atoms with Gasteiger partial charge in [-0.25, -0.2) is 4.79 Å². The standard InChI is InChI=1S/C32H34O9/c1-5-13-38-21-9-10-22-24(15-21)30(23-11-8-20(35-3)16-26(23)39-17-28(33)37-6-2)31(32(34)36-4)29(22)19-7-12-25-27(14-19)41-18-40-25/h7-12,14-16,29-31H,5-6,13,17-18H2,1-4H3/t29-,30+,31-/m0/s1. The molecule has 5 rings (SSSR count). The van der Waals surface area contributed by atoms with Gasteiger partial charge in [-0.2, -0.15) is 0 Å². The van der Waals surface area contributed by atoms with E-state index in [9.17, 15) is 9.59 Å². The summed E-state index contributed by atoms with van der Waals surface area (Å²) >= 11 is 0. The fourth-order valence-electron chi connectivity index (χ4n) is 5.62. The molecule has 1 aliphatic carbocycles. The summed E-state index contributed by atoms with van der Waals surface area (Å²) in [7, 11) is 2.94. The van der Waals surface area contributed by atoms with Crippen molar-refractivity contribution in [2.24, 2.45) is 5.92 Å². The smallest absolute Gasteiger partial charge is 0.344 e. The minimum Gasteiger partial charge on any atom is -0.497 e. The van der Waals surface area contributed by atoms with Crippen LogP contribution in [-0.2, 0) is 19.1 Å². The molecule has 0 N–H and O–H groups in total. The maximum Gasteiger partial charge on any atom is 0.344 e. The summed E-state index contributed by atoms with van der Waals surface area (Å²) in [6, 6.07) is 17.0. The summed E-state index contributed by atoms with van der Waals surface area (Å²) in [6.07, 6.45) is 0.857. The lowest BCUT2D eigenvalue weighted by Gasteiger charge is -2.26. The number of carbonyl (C=O) groups is 2. The third-order valence-electron chi connectivity index (χ3n) is 7.36. The van der Waals surface area contributed by atoms with E-state index in [1.165, 1.54) is 7.11 Å². The Morgan fingerprint density at radius 2 is 1.61 bits per heavy atom. The Morgan fingerprint density at radius 1 is 0.829 bits per heavy atom. The van der Waals surface area contributed by atoms with Gasteiger partial charge in [0.15, 0.2) is 18.1 Å². The molecule has 9 nitrogen and oxygen atoms in total. The van der Waals surface area contributed by atoms with Crippen molar-refractivity contribution in [1.29, 1.82) is 0 Å². The van der Waals surface area contributed by atoms with Crippen LogP contribution in [0.2, 0.25) is 0 Å². The van der Waals surface area contributed by atoms with E-state index in [2.05, 4.69) is 0 Å². The molecule has 0 saturated carbocycles. The number of benzene rings is 3. The lowest BCUT2D eigenvalue weighted by Crippen LogP contribution is -2.26. The van der Waals surface area contributed by atoms with Crippen molar-refractivity contribution in [3.8, 4) is 28.7 Å². The summed E-state index contributed by atoms with van der Waals surface area (Å²) < 4.78 is 39.1.